The number of rotatable bonds is 6. The molecule has 0 spiro atoms. The molecule has 0 saturated heterocycles. The maximum Gasteiger partial charge on any atom is 0.119 e. The summed E-state index contributed by atoms with van der Waals surface area (Å²) >= 11 is 0. The monoisotopic (exact) mass is 258 g/mol. The van der Waals surface area contributed by atoms with Crippen LogP contribution in [0.25, 0.3) is 0 Å². The molecular weight excluding hydrogens is 236 g/mol. The first-order chi connectivity index (χ1) is 9.20. The number of H-pyrrole nitrogens is 1. The lowest BCUT2D eigenvalue weighted by Crippen LogP contribution is -2.20. The first-order valence-corrected chi connectivity index (χ1v) is 6.76. The summed E-state index contributed by atoms with van der Waals surface area (Å²) in [4.78, 5) is 3.19. The third kappa shape index (κ3) is 3.61. The summed E-state index contributed by atoms with van der Waals surface area (Å²) in [5, 5.41) is 0. The lowest BCUT2D eigenvalue weighted by Gasteiger charge is -2.15. The van der Waals surface area contributed by atoms with Gasteiger partial charge >= 0.3 is 0 Å². The predicted octanol–water partition coefficient (Wildman–Crippen LogP) is 3.26. The van der Waals surface area contributed by atoms with Crippen molar-refractivity contribution in [2.75, 3.05) is 13.2 Å². The highest BCUT2D eigenvalue weighted by molar-refractivity contribution is 5.30. The fourth-order valence-corrected chi connectivity index (χ4v) is 2.04. The quantitative estimate of drug-likeness (QED) is 0.835. The van der Waals surface area contributed by atoms with Gasteiger partial charge in [-0.15, -0.1) is 0 Å². The first kappa shape index (κ1) is 13.7. The molecule has 0 aliphatic carbocycles. The molecular formula is C16H22N2O. The SMILES string of the molecule is CC(C)c1cccc(OCC(CN)c2ccc[nH]2)c1. The second-order valence-corrected chi connectivity index (χ2v) is 5.10. The molecule has 0 saturated carbocycles. The molecule has 1 heterocycles. The van der Waals surface area contributed by atoms with Crippen LogP contribution in [0, 0.1) is 0 Å². The number of aromatic nitrogens is 1. The van der Waals surface area contributed by atoms with E-state index >= 15 is 0 Å². The maximum absolute atomic E-state index is 5.87. The lowest BCUT2D eigenvalue weighted by atomic mass is 10.0. The molecule has 3 N–H and O–H groups in total. The Bertz CT molecular complexity index is 491. The van der Waals surface area contributed by atoms with Gasteiger partial charge in [0.05, 0.1) is 6.61 Å². The van der Waals surface area contributed by atoms with E-state index in [0.717, 1.165) is 11.4 Å². The number of ether oxygens (including phenoxy) is 1. The Balaban J connectivity index is 1.99. The van der Waals surface area contributed by atoms with Gasteiger partial charge in [-0.3, -0.25) is 0 Å². The number of hydrogen-bond acceptors (Lipinski definition) is 2. The van der Waals surface area contributed by atoms with Crippen LogP contribution < -0.4 is 10.5 Å². The van der Waals surface area contributed by atoms with Crippen LogP contribution in [0.3, 0.4) is 0 Å². The predicted molar refractivity (Wildman–Crippen MR) is 78.6 cm³/mol. The number of nitrogens with one attached hydrogen (secondary N) is 1. The number of nitrogens with two attached hydrogens (primary N) is 1. The molecule has 0 amide bonds. The average molecular weight is 258 g/mol. The highest BCUT2D eigenvalue weighted by Gasteiger charge is 2.11. The zero-order chi connectivity index (χ0) is 13.7. The van der Waals surface area contributed by atoms with Gasteiger partial charge in [-0.2, -0.15) is 0 Å². The molecule has 19 heavy (non-hydrogen) atoms. The van der Waals surface area contributed by atoms with E-state index in [2.05, 4.69) is 31.0 Å². The van der Waals surface area contributed by atoms with E-state index in [1.807, 2.05) is 30.5 Å². The zero-order valence-corrected chi connectivity index (χ0v) is 11.6. The second-order valence-electron chi connectivity index (χ2n) is 5.10. The van der Waals surface area contributed by atoms with Gasteiger partial charge < -0.3 is 15.5 Å². The molecule has 3 nitrogen and oxygen atoms in total. The van der Waals surface area contributed by atoms with E-state index < -0.39 is 0 Å². The Kier molecular flexibility index (Phi) is 4.63. The van der Waals surface area contributed by atoms with Crippen molar-refractivity contribution in [3.8, 4) is 5.75 Å². The zero-order valence-electron chi connectivity index (χ0n) is 11.6. The van der Waals surface area contributed by atoms with Crippen molar-refractivity contribution in [3.63, 3.8) is 0 Å². The van der Waals surface area contributed by atoms with Crippen LogP contribution in [0.4, 0.5) is 0 Å². The van der Waals surface area contributed by atoms with Crippen molar-refractivity contribution in [2.24, 2.45) is 5.73 Å². The molecule has 0 aliphatic rings. The lowest BCUT2D eigenvalue weighted by molar-refractivity contribution is 0.288. The van der Waals surface area contributed by atoms with Gasteiger partial charge in [0.15, 0.2) is 0 Å². The van der Waals surface area contributed by atoms with Crippen molar-refractivity contribution in [2.45, 2.75) is 25.7 Å². The molecule has 3 heteroatoms. The fraction of sp³-hybridized carbons (Fsp3) is 0.375. The topological polar surface area (TPSA) is 51.0 Å². The molecule has 2 rings (SSSR count). The van der Waals surface area contributed by atoms with Gasteiger partial charge in [-0.1, -0.05) is 26.0 Å². The Hall–Kier alpha value is -1.74. The molecule has 0 radical (unpaired) electrons. The van der Waals surface area contributed by atoms with E-state index in [4.69, 9.17) is 10.5 Å². The largest absolute Gasteiger partial charge is 0.493 e. The molecule has 1 atom stereocenters. The Morgan fingerprint density at radius 3 is 2.68 bits per heavy atom. The minimum Gasteiger partial charge on any atom is -0.493 e. The van der Waals surface area contributed by atoms with Crippen LogP contribution in [0.1, 0.15) is 36.9 Å². The summed E-state index contributed by atoms with van der Waals surface area (Å²) in [5.41, 5.74) is 8.23. The minimum absolute atomic E-state index is 0.206. The number of hydrogen-bond donors (Lipinski definition) is 2. The van der Waals surface area contributed by atoms with E-state index in [1.54, 1.807) is 0 Å². The third-order valence-electron chi connectivity index (χ3n) is 3.32. The van der Waals surface area contributed by atoms with Crippen LogP contribution in [0.5, 0.6) is 5.75 Å². The van der Waals surface area contributed by atoms with Crippen LogP contribution in [0.2, 0.25) is 0 Å². The van der Waals surface area contributed by atoms with Crippen molar-refractivity contribution in [1.82, 2.24) is 4.98 Å². The van der Waals surface area contributed by atoms with E-state index in [9.17, 15) is 0 Å². The van der Waals surface area contributed by atoms with Gasteiger partial charge in [0.25, 0.3) is 0 Å². The van der Waals surface area contributed by atoms with Gasteiger partial charge in [0.2, 0.25) is 0 Å². The standard InChI is InChI=1S/C16H22N2O/c1-12(2)13-5-3-6-15(9-13)19-11-14(10-17)16-7-4-8-18-16/h3-9,12,14,18H,10-11,17H2,1-2H3. The highest BCUT2D eigenvalue weighted by atomic mass is 16.5. The van der Waals surface area contributed by atoms with E-state index in [-0.39, 0.29) is 5.92 Å². The van der Waals surface area contributed by atoms with Gasteiger partial charge in [-0.25, -0.2) is 0 Å². The molecule has 2 aromatic rings. The summed E-state index contributed by atoms with van der Waals surface area (Å²) in [5.74, 6) is 1.63. The Morgan fingerprint density at radius 2 is 2.05 bits per heavy atom. The summed E-state index contributed by atoms with van der Waals surface area (Å²) in [6, 6.07) is 12.3. The molecule has 0 fully saturated rings. The first-order valence-electron chi connectivity index (χ1n) is 6.76. The van der Waals surface area contributed by atoms with Gasteiger partial charge in [0, 0.05) is 24.4 Å². The summed E-state index contributed by atoms with van der Waals surface area (Å²) in [6.45, 7) is 5.53. The summed E-state index contributed by atoms with van der Waals surface area (Å²) < 4.78 is 5.87. The Labute approximate surface area is 114 Å². The summed E-state index contributed by atoms with van der Waals surface area (Å²) in [6.07, 6.45) is 1.91. The molecule has 1 aromatic heterocycles. The number of benzene rings is 1. The minimum atomic E-state index is 0.206. The average Bonchev–Trinajstić information content (AvgIpc) is 2.94. The molecule has 102 valence electrons. The summed E-state index contributed by atoms with van der Waals surface area (Å²) in [7, 11) is 0. The Morgan fingerprint density at radius 1 is 1.21 bits per heavy atom. The third-order valence-corrected chi connectivity index (χ3v) is 3.32. The van der Waals surface area contributed by atoms with E-state index in [1.165, 1.54) is 5.56 Å². The normalized spacial score (nSPS) is 12.6. The number of aromatic amines is 1. The van der Waals surface area contributed by atoms with Crippen LogP contribution >= 0.6 is 0 Å². The second kappa shape index (κ2) is 6.43. The van der Waals surface area contributed by atoms with Crippen molar-refractivity contribution in [1.29, 1.82) is 0 Å². The smallest absolute Gasteiger partial charge is 0.119 e. The van der Waals surface area contributed by atoms with Crippen LogP contribution in [-0.2, 0) is 0 Å². The van der Waals surface area contributed by atoms with Crippen molar-refractivity contribution >= 4 is 0 Å². The van der Waals surface area contributed by atoms with Crippen LogP contribution in [-0.4, -0.2) is 18.1 Å². The van der Waals surface area contributed by atoms with Crippen LogP contribution in [0.15, 0.2) is 42.6 Å². The molecule has 0 aliphatic heterocycles. The molecule has 0 bridgehead atoms. The van der Waals surface area contributed by atoms with Gasteiger partial charge in [-0.05, 0) is 35.7 Å². The van der Waals surface area contributed by atoms with Crippen molar-refractivity contribution in [3.05, 3.63) is 53.9 Å². The maximum atomic E-state index is 5.87. The van der Waals surface area contributed by atoms with Crippen molar-refractivity contribution < 1.29 is 4.74 Å². The van der Waals surface area contributed by atoms with E-state index in [0.29, 0.717) is 19.1 Å². The fourth-order valence-electron chi connectivity index (χ4n) is 2.04. The van der Waals surface area contributed by atoms with Gasteiger partial charge in [0.1, 0.15) is 5.75 Å². The highest BCUT2D eigenvalue weighted by Crippen LogP contribution is 2.21. The molecule has 1 unspecified atom stereocenters. The molecule has 1 aromatic carbocycles.